The maximum absolute atomic E-state index is 5.65. The molecule has 0 aliphatic carbocycles. The van der Waals surface area contributed by atoms with Crippen LogP contribution in [0.1, 0.15) is 32.4 Å². The summed E-state index contributed by atoms with van der Waals surface area (Å²) in [6.07, 6.45) is 0.214. The molecule has 0 spiro atoms. The van der Waals surface area contributed by atoms with Crippen LogP contribution in [0.3, 0.4) is 0 Å². The van der Waals surface area contributed by atoms with Gasteiger partial charge in [0.1, 0.15) is 5.75 Å². The van der Waals surface area contributed by atoms with Gasteiger partial charge >= 0.3 is 0 Å². The van der Waals surface area contributed by atoms with Crippen molar-refractivity contribution in [2.45, 2.75) is 32.9 Å². The molecule has 2 rings (SSSR count). The highest BCUT2D eigenvalue weighted by Gasteiger charge is 2.05. The van der Waals surface area contributed by atoms with Gasteiger partial charge in [-0.05, 0) is 50.6 Å². The molecular formula is C17H21NO. The fraction of sp³-hybridized carbons (Fsp3) is 0.294. The number of nitrogens with one attached hydrogen (secondary N) is 1. The Bertz CT molecular complexity index is 490. The van der Waals surface area contributed by atoms with Gasteiger partial charge < -0.3 is 10.1 Å². The third-order valence-corrected chi connectivity index (χ3v) is 2.91. The molecule has 100 valence electrons. The normalized spacial score (nSPS) is 12.2. The quantitative estimate of drug-likeness (QED) is 0.840. The molecular weight excluding hydrogens is 234 g/mol. The Morgan fingerprint density at radius 1 is 0.842 bits per heavy atom. The Morgan fingerprint density at radius 2 is 1.47 bits per heavy atom. The first-order valence-electron chi connectivity index (χ1n) is 6.73. The average molecular weight is 255 g/mol. The zero-order chi connectivity index (χ0) is 13.7. The number of anilines is 1. The predicted molar refractivity (Wildman–Crippen MR) is 80.7 cm³/mol. The summed E-state index contributed by atoms with van der Waals surface area (Å²) in [4.78, 5) is 0. The molecule has 0 saturated heterocycles. The van der Waals surface area contributed by atoms with E-state index >= 15 is 0 Å². The van der Waals surface area contributed by atoms with E-state index in [0.717, 1.165) is 11.4 Å². The van der Waals surface area contributed by atoms with Gasteiger partial charge in [-0.1, -0.05) is 30.3 Å². The molecule has 0 aliphatic heterocycles. The van der Waals surface area contributed by atoms with Crippen molar-refractivity contribution in [3.05, 3.63) is 60.2 Å². The second-order valence-corrected chi connectivity index (χ2v) is 4.97. The molecule has 2 heteroatoms. The lowest BCUT2D eigenvalue weighted by molar-refractivity contribution is 0.242. The average Bonchev–Trinajstić information content (AvgIpc) is 2.40. The minimum absolute atomic E-state index is 0.214. The molecule has 0 fully saturated rings. The lowest BCUT2D eigenvalue weighted by atomic mass is 10.1. The fourth-order valence-corrected chi connectivity index (χ4v) is 1.97. The first-order chi connectivity index (χ1) is 9.15. The van der Waals surface area contributed by atoms with Crippen molar-refractivity contribution in [1.82, 2.24) is 0 Å². The van der Waals surface area contributed by atoms with Gasteiger partial charge in [0.15, 0.2) is 0 Å². The second kappa shape index (κ2) is 6.28. The van der Waals surface area contributed by atoms with E-state index in [1.54, 1.807) is 0 Å². The van der Waals surface area contributed by atoms with E-state index in [2.05, 4.69) is 36.5 Å². The van der Waals surface area contributed by atoms with Crippen LogP contribution in [0.2, 0.25) is 0 Å². The predicted octanol–water partition coefficient (Wildman–Crippen LogP) is 4.65. The van der Waals surface area contributed by atoms with Gasteiger partial charge in [-0.15, -0.1) is 0 Å². The first-order valence-corrected chi connectivity index (χ1v) is 6.73. The molecule has 0 aliphatic rings. The Labute approximate surface area is 115 Å². The van der Waals surface area contributed by atoms with Crippen LogP contribution in [-0.2, 0) is 0 Å². The summed E-state index contributed by atoms with van der Waals surface area (Å²) >= 11 is 0. The van der Waals surface area contributed by atoms with Gasteiger partial charge in [-0.2, -0.15) is 0 Å². The molecule has 1 unspecified atom stereocenters. The molecule has 2 aromatic rings. The molecule has 0 saturated carbocycles. The maximum atomic E-state index is 5.65. The summed E-state index contributed by atoms with van der Waals surface area (Å²) in [5.74, 6) is 0.922. The summed E-state index contributed by atoms with van der Waals surface area (Å²) in [5.41, 5.74) is 2.39. The highest BCUT2D eigenvalue weighted by molar-refractivity contribution is 5.45. The van der Waals surface area contributed by atoms with E-state index in [1.807, 2.05) is 44.2 Å². The van der Waals surface area contributed by atoms with Crippen LogP contribution < -0.4 is 10.1 Å². The smallest absolute Gasteiger partial charge is 0.119 e. The zero-order valence-electron chi connectivity index (χ0n) is 11.8. The van der Waals surface area contributed by atoms with Crippen LogP contribution in [0.25, 0.3) is 0 Å². The highest BCUT2D eigenvalue weighted by atomic mass is 16.5. The van der Waals surface area contributed by atoms with E-state index in [9.17, 15) is 0 Å². The molecule has 1 N–H and O–H groups in total. The largest absolute Gasteiger partial charge is 0.491 e. The molecule has 0 heterocycles. The monoisotopic (exact) mass is 255 g/mol. The number of hydrogen-bond donors (Lipinski definition) is 1. The molecule has 19 heavy (non-hydrogen) atoms. The van der Waals surface area contributed by atoms with E-state index < -0.39 is 0 Å². The Balaban J connectivity index is 2.01. The standard InChI is InChI=1S/C17H21NO/c1-13(2)19-17-11-9-15(10-12-17)14(3)18-16-7-5-4-6-8-16/h4-14,18H,1-3H3. The lowest BCUT2D eigenvalue weighted by Crippen LogP contribution is -2.07. The van der Waals surface area contributed by atoms with Gasteiger partial charge in [0.05, 0.1) is 6.10 Å². The molecule has 0 aromatic heterocycles. The summed E-state index contributed by atoms with van der Waals surface area (Å²) in [7, 11) is 0. The molecule has 1 atom stereocenters. The highest BCUT2D eigenvalue weighted by Crippen LogP contribution is 2.21. The number of ether oxygens (including phenoxy) is 1. The van der Waals surface area contributed by atoms with E-state index in [-0.39, 0.29) is 12.1 Å². The summed E-state index contributed by atoms with van der Waals surface area (Å²) in [5, 5.41) is 3.48. The van der Waals surface area contributed by atoms with Crippen LogP contribution in [0.4, 0.5) is 5.69 Å². The topological polar surface area (TPSA) is 21.3 Å². The van der Waals surface area contributed by atoms with Crippen LogP contribution in [0.5, 0.6) is 5.75 Å². The molecule has 2 nitrogen and oxygen atoms in total. The van der Waals surface area contributed by atoms with E-state index in [4.69, 9.17) is 4.74 Å². The molecule has 0 radical (unpaired) electrons. The molecule has 0 amide bonds. The van der Waals surface area contributed by atoms with E-state index in [1.165, 1.54) is 5.56 Å². The van der Waals surface area contributed by atoms with E-state index in [0.29, 0.717) is 0 Å². The van der Waals surface area contributed by atoms with Crippen molar-refractivity contribution < 1.29 is 4.74 Å². The van der Waals surface area contributed by atoms with Crippen molar-refractivity contribution in [3.8, 4) is 5.75 Å². The van der Waals surface area contributed by atoms with Crippen molar-refractivity contribution in [1.29, 1.82) is 0 Å². The van der Waals surface area contributed by atoms with Crippen molar-refractivity contribution >= 4 is 5.69 Å². The number of rotatable bonds is 5. The van der Waals surface area contributed by atoms with Crippen LogP contribution in [0, 0.1) is 0 Å². The maximum Gasteiger partial charge on any atom is 0.119 e. The first kappa shape index (κ1) is 13.5. The van der Waals surface area contributed by atoms with Crippen LogP contribution in [0.15, 0.2) is 54.6 Å². The van der Waals surface area contributed by atoms with Crippen molar-refractivity contribution in [2.75, 3.05) is 5.32 Å². The van der Waals surface area contributed by atoms with Gasteiger partial charge in [-0.25, -0.2) is 0 Å². The number of benzene rings is 2. The Kier molecular flexibility index (Phi) is 4.45. The van der Waals surface area contributed by atoms with Gasteiger partial charge in [-0.3, -0.25) is 0 Å². The van der Waals surface area contributed by atoms with Crippen LogP contribution >= 0.6 is 0 Å². The molecule has 0 bridgehead atoms. The summed E-state index contributed by atoms with van der Waals surface area (Å²) in [6, 6.07) is 18.8. The Hall–Kier alpha value is -1.96. The third kappa shape index (κ3) is 4.02. The summed E-state index contributed by atoms with van der Waals surface area (Å²) < 4.78 is 5.65. The van der Waals surface area contributed by atoms with Crippen molar-refractivity contribution in [2.24, 2.45) is 0 Å². The minimum atomic E-state index is 0.214. The third-order valence-electron chi connectivity index (χ3n) is 2.91. The Morgan fingerprint density at radius 3 is 2.05 bits per heavy atom. The van der Waals surface area contributed by atoms with Crippen LogP contribution in [-0.4, -0.2) is 6.10 Å². The second-order valence-electron chi connectivity index (χ2n) is 4.97. The summed E-state index contributed by atoms with van der Waals surface area (Å²) in [6.45, 7) is 6.23. The van der Waals surface area contributed by atoms with Gasteiger partial charge in [0.2, 0.25) is 0 Å². The molecule has 2 aromatic carbocycles. The van der Waals surface area contributed by atoms with Gasteiger partial charge in [0, 0.05) is 11.7 Å². The van der Waals surface area contributed by atoms with Crippen molar-refractivity contribution in [3.63, 3.8) is 0 Å². The SMILES string of the molecule is CC(C)Oc1ccc(C(C)Nc2ccccc2)cc1. The fourth-order valence-electron chi connectivity index (χ4n) is 1.97. The lowest BCUT2D eigenvalue weighted by Gasteiger charge is -2.16. The number of para-hydroxylation sites is 1. The minimum Gasteiger partial charge on any atom is -0.491 e. The zero-order valence-corrected chi connectivity index (χ0v) is 11.8. The number of hydrogen-bond acceptors (Lipinski definition) is 2. The van der Waals surface area contributed by atoms with Gasteiger partial charge in [0.25, 0.3) is 0 Å².